The van der Waals surface area contributed by atoms with Crippen LogP contribution in [0.4, 0.5) is 0 Å². The second-order valence-electron chi connectivity index (χ2n) is 8.52. The van der Waals surface area contributed by atoms with Crippen molar-refractivity contribution in [2.24, 2.45) is 9.98 Å². The zero-order valence-electron chi connectivity index (χ0n) is 30.9. The molecule has 4 radical (unpaired) electrons. The van der Waals surface area contributed by atoms with E-state index in [2.05, 4.69) is 20.6 Å². The molecule has 0 aromatic carbocycles. The fourth-order valence-electron chi connectivity index (χ4n) is 1.83. The largest absolute Gasteiger partial charge is 2.00 e. The molecule has 28 heteroatoms. The van der Waals surface area contributed by atoms with Crippen LogP contribution in [0, 0.1) is 68.7 Å². The molecule has 0 aliphatic heterocycles. The number of carboxylic acids is 2. The summed E-state index contributed by atoms with van der Waals surface area (Å²) in [5.41, 5.74) is 0. The van der Waals surface area contributed by atoms with Crippen LogP contribution in [-0.2, 0) is 88.8 Å². The van der Waals surface area contributed by atoms with Gasteiger partial charge in [-0.3, -0.25) is 10.6 Å². The molecule has 6 N–H and O–H groups in total. The molecule has 54 heavy (non-hydrogen) atoms. The van der Waals surface area contributed by atoms with Crippen LogP contribution < -0.4 is 20.4 Å². The molecule has 0 unspecified atom stereocenters. The molecule has 0 saturated heterocycles. The van der Waals surface area contributed by atoms with Crippen LogP contribution >= 0.6 is 0 Å². The second kappa shape index (κ2) is 87.1. The van der Waals surface area contributed by atoms with E-state index in [1.54, 1.807) is 0 Å². The number of nitriles is 6. The molecule has 0 fully saturated rings. The topological polar surface area (TPSA) is 446 Å². The molecule has 0 aliphatic carbocycles. The van der Waals surface area contributed by atoms with Crippen LogP contribution in [0.25, 0.3) is 21.5 Å². The van der Waals surface area contributed by atoms with Gasteiger partial charge in [-0.05, 0) is 96.4 Å². The summed E-state index contributed by atoms with van der Waals surface area (Å²) >= 11 is 0. The Morgan fingerprint density at radius 3 is 0.741 bits per heavy atom. The number of nitrogens with zero attached hydrogens (tertiary/aromatic N) is 16. The first-order chi connectivity index (χ1) is 22.2. The summed E-state index contributed by atoms with van der Waals surface area (Å²) in [6, 6.07) is 2.56. The van der Waals surface area contributed by atoms with Crippen molar-refractivity contribution in [2.45, 2.75) is 26.1 Å². The third-order valence-corrected chi connectivity index (χ3v) is 2.68. The summed E-state index contributed by atoms with van der Waals surface area (Å²) in [5.74, 6) is -2.17. The van der Waals surface area contributed by atoms with E-state index in [1.165, 1.54) is 49.2 Å². The number of carbonyl (C=O) groups is 2. The molecule has 0 aromatic rings. The SMILES string of the molecule is CC(=O)[O-].CC(=O)[O-].CN(C)CC([O-])CN(C)C.CN(C)CC([O-])CN(C)C.N#CN=C=[N-].N#CN=C=[N-].N#C[N-]C#N.N#C[N-]C#N.[Cu+2].[Cu+2].[Cu+2].[Cu+2].[OH3+].[OH3+]. The first-order valence-electron chi connectivity index (χ1n) is 12.3. The molecule has 0 amide bonds. The van der Waals surface area contributed by atoms with Crippen LogP contribution in [0.15, 0.2) is 9.98 Å². The van der Waals surface area contributed by atoms with Crippen LogP contribution in [0.5, 0.6) is 0 Å². The first kappa shape index (κ1) is 92.6. The average Bonchev–Trinajstić information content (AvgIpc) is 2.90. The third-order valence-electron chi connectivity index (χ3n) is 2.68. The van der Waals surface area contributed by atoms with Gasteiger partial charge in [0.25, 0.3) is 0 Å². The zero-order chi connectivity index (χ0) is 39.9. The van der Waals surface area contributed by atoms with Gasteiger partial charge in [0, 0.05) is 36.7 Å². The monoisotopic (exact) mass is 962 g/mol. The normalized spacial score (nSPS) is 6.74. The maximum atomic E-state index is 11.1. The summed E-state index contributed by atoms with van der Waals surface area (Å²) in [5, 5.41) is 104. The summed E-state index contributed by atoms with van der Waals surface area (Å²) in [6.07, 6.45) is 6.72. The Labute approximate surface area is 359 Å². The van der Waals surface area contributed by atoms with Crippen molar-refractivity contribution in [3.05, 3.63) is 21.5 Å². The molecular formula is C26H46Cu4N16O8+2. The molecule has 0 saturated carbocycles. The van der Waals surface area contributed by atoms with E-state index in [1.807, 2.05) is 76.0 Å². The Balaban J connectivity index is -0.0000000285. The molecule has 0 bridgehead atoms. The van der Waals surface area contributed by atoms with Gasteiger partial charge in [-0.25, -0.2) is 0 Å². The maximum absolute atomic E-state index is 11.1. The van der Waals surface area contributed by atoms with Crippen molar-refractivity contribution < 1.29 is 109 Å². The number of carbonyl (C=O) groups excluding carboxylic acids is 2. The van der Waals surface area contributed by atoms with Crippen LogP contribution in [0.1, 0.15) is 13.8 Å². The Morgan fingerprint density at radius 2 is 0.704 bits per heavy atom. The standard InChI is InChI=1S/2C7H17N2O.4C2N3.2C2H4O2.4Cu.2H2O/c2*1-8(2)5-7(10)6-9(3)4;4*3-1-5-2-4;2*1-2(3)4;;;;;;/h2*7H,5-6H2,1-4H3;;;;;2*1H3,(H,3,4);;;;;2*1H2/q6*-1;;;4*+2;;. The Hall–Kier alpha value is -4.00. The smallest absolute Gasteiger partial charge is 0.850 e. The molecule has 0 aliphatic rings. The number of aliphatic imine (C=N–C) groups is 2. The number of carboxylic acid groups (broad SMARTS) is 2. The van der Waals surface area contributed by atoms with E-state index < -0.39 is 24.1 Å². The quantitative estimate of drug-likeness (QED) is 0.0947. The van der Waals surface area contributed by atoms with E-state index in [9.17, 15) is 10.2 Å². The van der Waals surface area contributed by atoms with Gasteiger partial charge in [-0.2, -0.15) is 10.5 Å². The van der Waals surface area contributed by atoms with E-state index in [0.29, 0.717) is 26.2 Å². The van der Waals surface area contributed by atoms with Crippen LogP contribution in [0.3, 0.4) is 0 Å². The van der Waals surface area contributed by atoms with Gasteiger partial charge in [-0.15, -0.1) is 24.2 Å². The fourth-order valence-corrected chi connectivity index (χ4v) is 1.83. The Kier molecular flexibility index (Phi) is 149. The van der Waals surface area contributed by atoms with Crippen molar-refractivity contribution in [2.75, 3.05) is 82.6 Å². The van der Waals surface area contributed by atoms with Crippen molar-refractivity contribution >= 4 is 24.0 Å². The van der Waals surface area contributed by atoms with Gasteiger partial charge in [0.1, 0.15) is 0 Å². The predicted molar refractivity (Wildman–Crippen MR) is 175 cm³/mol. The van der Waals surface area contributed by atoms with E-state index in [4.69, 9.17) is 62.2 Å². The van der Waals surface area contributed by atoms with Gasteiger partial charge >= 0.3 is 68.3 Å². The predicted octanol–water partition coefficient (Wildman–Crippen LogP) is -5.60. The number of rotatable bonds is 8. The van der Waals surface area contributed by atoms with E-state index >= 15 is 0 Å². The molecule has 0 spiro atoms. The van der Waals surface area contributed by atoms with Gasteiger partial charge in [0.2, 0.25) is 0 Å². The zero-order valence-corrected chi connectivity index (χ0v) is 34.7. The van der Waals surface area contributed by atoms with Gasteiger partial charge < -0.3 is 102 Å². The van der Waals surface area contributed by atoms with Crippen molar-refractivity contribution in [1.29, 1.82) is 31.6 Å². The number of aliphatic carboxylic acids is 2. The van der Waals surface area contributed by atoms with Gasteiger partial charge in [0.05, 0.1) is 12.4 Å². The minimum atomic E-state index is -1.08. The summed E-state index contributed by atoms with van der Waals surface area (Å²) in [4.78, 5) is 30.6. The first-order valence-corrected chi connectivity index (χ1v) is 12.3. The molecular weight excluding hydrogens is 919 g/mol. The molecule has 0 heterocycles. The van der Waals surface area contributed by atoms with Crippen LogP contribution in [-0.4, -0.2) is 138 Å². The molecule has 320 valence electrons. The van der Waals surface area contributed by atoms with E-state index in [-0.39, 0.29) is 79.2 Å². The molecule has 0 rings (SSSR count). The van der Waals surface area contributed by atoms with E-state index in [0.717, 1.165) is 13.8 Å². The minimum Gasteiger partial charge on any atom is -0.850 e. The maximum Gasteiger partial charge on any atom is 2.00 e. The Bertz CT molecular complexity index is 996. The minimum absolute atomic E-state index is 0. The third kappa shape index (κ3) is 265. The van der Waals surface area contributed by atoms with Gasteiger partial charge in [-0.1, -0.05) is 0 Å². The summed E-state index contributed by atoms with van der Waals surface area (Å²) in [7, 11) is 15.3. The average molecular weight is 965 g/mol. The summed E-state index contributed by atoms with van der Waals surface area (Å²) in [6.45, 7) is 4.44. The Morgan fingerprint density at radius 1 is 0.556 bits per heavy atom. The number of likely N-dealkylation sites (N-methyl/N-ethyl adjacent to an activating group) is 4. The fraction of sp³-hybridized carbons (Fsp3) is 0.615. The second-order valence-corrected chi connectivity index (χ2v) is 8.52. The summed E-state index contributed by atoms with van der Waals surface area (Å²) < 4.78 is 0. The molecule has 24 nitrogen and oxygen atoms in total. The van der Waals surface area contributed by atoms with Crippen molar-refractivity contribution in [3.63, 3.8) is 0 Å². The molecule has 0 aromatic heterocycles. The molecule has 0 atom stereocenters. The van der Waals surface area contributed by atoms with Crippen LogP contribution in [0.2, 0.25) is 0 Å². The number of hydrogen-bond donors (Lipinski definition) is 0. The van der Waals surface area contributed by atoms with Crippen molar-refractivity contribution in [1.82, 2.24) is 19.6 Å². The van der Waals surface area contributed by atoms with Crippen molar-refractivity contribution in [3.8, 4) is 37.2 Å². The number of hydrogen-bond acceptors (Lipinski definition) is 18. The van der Waals surface area contributed by atoms with Gasteiger partial charge in [0.15, 0.2) is 0 Å².